The summed E-state index contributed by atoms with van der Waals surface area (Å²) in [5.74, 6) is 0.918. The summed E-state index contributed by atoms with van der Waals surface area (Å²) < 4.78 is 5.66. The van der Waals surface area contributed by atoms with Gasteiger partial charge in [-0.05, 0) is 37.0 Å². The molecule has 1 saturated heterocycles. The van der Waals surface area contributed by atoms with Gasteiger partial charge in [0.15, 0.2) is 0 Å². The van der Waals surface area contributed by atoms with Crippen LogP contribution in [0.15, 0.2) is 0 Å². The van der Waals surface area contributed by atoms with Crippen molar-refractivity contribution >= 4 is 15.9 Å². The minimum Gasteiger partial charge on any atom is -0.378 e. The summed E-state index contributed by atoms with van der Waals surface area (Å²) >= 11 is 3.63. The van der Waals surface area contributed by atoms with Gasteiger partial charge in [0.2, 0.25) is 0 Å². The van der Waals surface area contributed by atoms with E-state index in [4.69, 9.17) is 4.74 Å². The van der Waals surface area contributed by atoms with Crippen molar-refractivity contribution in [3.63, 3.8) is 0 Å². The third-order valence-corrected chi connectivity index (χ3v) is 4.64. The van der Waals surface area contributed by atoms with E-state index < -0.39 is 0 Å². The zero-order valence-corrected chi connectivity index (χ0v) is 9.27. The molecule has 1 nitrogen and oxygen atoms in total. The van der Waals surface area contributed by atoms with Crippen molar-refractivity contribution in [2.75, 3.05) is 11.9 Å². The number of hydrogen-bond donors (Lipinski definition) is 0. The van der Waals surface area contributed by atoms with Crippen LogP contribution < -0.4 is 0 Å². The molecule has 2 heteroatoms. The standard InChI is InChI=1S/C10H17BrO/c1-8-5-10(8,7-11)6-9-3-2-4-12-9/h8-9H,2-7H2,1H3/t8?,9-,10?/m1/s1. The van der Waals surface area contributed by atoms with Crippen molar-refractivity contribution in [1.82, 2.24) is 0 Å². The molecule has 0 N–H and O–H groups in total. The van der Waals surface area contributed by atoms with Gasteiger partial charge in [0.25, 0.3) is 0 Å². The molecule has 0 bridgehead atoms. The number of halogens is 1. The average Bonchev–Trinajstić information content (AvgIpc) is 2.51. The van der Waals surface area contributed by atoms with Crippen LogP contribution in [0.25, 0.3) is 0 Å². The Hall–Kier alpha value is 0.440. The Morgan fingerprint density at radius 2 is 2.33 bits per heavy atom. The largest absolute Gasteiger partial charge is 0.378 e. The molecule has 12 heavy (non-hydrogen) atoms. The van der Waals surface area contributed by atoms with Crippen LogP contribution in [0.4, 0.5) is 0 Å². The molecule has 2 fully saturated rings. The van der Waals surface area contributed by atoms with E-state index in [9.17, 15) is 0 Å². The molecule has 0 spiro atoms. The molecule has 0 amide bonds. The van der Waals surface area contributed by atoms with E-state index in [1.165, 1.54) is 31.0 Å². The van der Waals surface area contributed by atoms with Gasteiger partial charge in [-0.3, -0.25) is 0 Å². The maximum atomic E-state index is 5.66. The quantitative estimate of drug-likeness (QED) is 0.681. The van der Waals surface area contributed by atoms with Gasteiger partial charge in [-0.15, -0.1) is 0 Å². The van der Waals surface area contributed by atoms with Gasteiger partial charge in [0.1, 0.15) is 0 Å². The fraction of sp³-hybridized carbons (Fsp3) is 1.00. The SMILES string of the molecule is CC1CC1(CBr)C[C@H]1CCCO1. The zero-order valence-electron chi connectivity index (χ0n) is 7.68. The number of ether oxygens (including phenoxy) is 1. The average molecular weight is 233 g/mol. The van der Waals surface area contributed by atoms with Crippen molar-refractivity contribution in [2.45, 2.75) is 38.7 Å². The molecule has 1 aliphatic heterocycles. The van der Waals surface area contributed by atoms with Crippen LogP contribution >= 0.6 is 15.9 Å². The Labute approximate surface area is 83.0 Å². The van der Waals surface area contributed by atoms with Crippen molar-refractivity contribution in [2.24, 2.45) is 11.3 Å². The van der Waals surface area contributed by atoms with Crippen LogP contribution in [-0.4, -0.2) is 18.0 Å². The Bertz CT molecular complexity index is 161. The molecule has 1 heterocycles. The van der Waals surface area contributed by atoms with E-state index in [0.717, 1.165) is 12.5 Å². The van der Waals surface area contributed by atoms with Crippen molar-refractivity contribution < 1.29 is 4.74 Å². The molecule has 1 saturated carbocycles. The minimum atomic E-state index is 0.576. The van der Waals surface area contributed by atoms with E-state index in [1.54, 1.807) is 0 Å². The van der Waals surface area contributed by atoms with Gasteiger partial charge in [-0.2, -0.15) is 0 Å². The Morgan fingerprint density at radius 3 is 2.75 bits per heavy atom. The Kier molecular flexibility index (Phi) is 2.48. The van der Waals surface area contributed by atoms with Gasteiger partial charge in [-0.25, -0.2) is 0 Å². The molecule has 0 aromatic heterocycles. The molecular formula is C10H17BrO. The van der Waals surface area contributed by atoms with E-state index in [0.29, 0.717) is 11.5 Å². The van der Waals surface area contributed by atoms with E-state index in [-0.39, 0.29) is 0 Å². The second-order valence-electron chi connectivity index (χ2n) is 4.44. The highest BCUT2D eigenvalue weighted by molar-refractivity contribution is 9.09. The molecule has 3 atom stereocenters. The maximum Gasteiger partial charge on any atom is 0.0581 e. The van der Waals surface area contributed by atoms with E-state index >= 15 is 0 Å². The molecular weight excluding hydrogens is 216 g/mol. The fourth-order valence-corrected chi connectivity index (χ4v) is 3.35. The zero-order chi connectivity index (χ0) is 8.60. The topological polar surface area (TPSA) is 9.23 Å². The summed E-state index contributed by atoms with van der Waals surface area (Å²) in [5.41, 5.74) is 0.606. The molecule has 2 rings (SSSR count). The summed E-state index contributed by atoms with van der Waals surface area (Å²) in [6.07, 6.45) is 5.84. The second kappa shape index (κ2) is 3.30. The molecule has 0 aromatic carbocycles. The lowest BCUT2D eigenvalue weighted by Crippen LogP contribution is -2.16. The van der Waals surface area contributed by atoms with Gasteiger partial charge < -0.3 is 4.74 Å². The summed E-state index contributed by atoms with van der Waals surface area (Å²) in [6, 6.07) is 0. The summed E-state index contributed by atoms with van der Waals surface area (Å²) in [5, 5.41) is 1.17. The van der Waals surface area contributed by atoms with Gasteiger partial charge in [0.05, 0.1) is 6.10 Å². The maximum absolute atomic E-state index is 5.66. The summed E-state index contributed by atoms with van der Waals surface area (Å²) in [4.78, 5) is 0. The first kappa shape index (κ1) is 9.01. The van der Waals surface area contributed by atoms with E-state index in [2.05, 4.69) is 22.9 Å². The molecule has 0 aromatic rings. The third-order valence-electron chi connectivity index (χ3n) is 3.52. The lowest BCUT2D eigenvalue weighted by molar-refractivity contribution is 0.0870. The highest BCUT2D eigenvalue weighted by Gasteiger charge is 2.51. The van der Waals surface area contributed by atoms with Crippen LogP contribution in [-0.2, 0) is 4.74 Å². The highest BCUT2D eigenvalue weighted by atomic mass is 79.9. The van der Waals surface area contributed by atoms with Crippen LogP contribution in [0.5, 0.6) is 0 Å². The van der Waals surface area contributed by atoms with Crippen molar-refractivity contribution in [3.8, 4) is 0 Å². The Balaban J connectivity index is 1.85. The van der Waals surface area contributed by atoms with Crippen molar-refractivity contribution in [3.05, 3.63) is 0 Å². The van der Waals surface area contributed by atoms with Crippen LogP contribution in [0.3, 0.4) is 0 Å². The van der Waals surface area contributed by atoms with Crippen LogP contribution in [0, 0.1) is 11.3 Å². The molecule has 2 aliphatic rings. The van der Waals surface area contributed by atoms with Crippen LogP contribution in [0.2, 0.25) is 0 Å². The summed E-state index contributed by atoms with van der Waals surface area (Å²) in [6.45, 7) is 3.35. The van der Waals surface area contributed by atoms with Gasteiger partial charge in [0, 0.05) is 11.9 Å². The monoisotopic (exact) mass is 232 g/mol. The normalized spacial score (nSPS) is 46.5. The predicted molar refractivity (Wildman–Crippen MR) is 53.6 cm³/mol. The molecule has 70 valence electrons. The van der Waals surface area contributed by atoms with Gasteiger partial charge >= 0.3 is 0 Å². The smallest absolute Gasteiger partial charge is 0.0581 e. The third kappa shape index (κ3) is 1.56. The first-order valence-corrected chi connectivity index (χ1v) is 6.06. The molecule has 1 aliphatic carbocycles. The van der Waals surface area contributed by atoms with Crippen LogP contribution in [0.1, 0.15) is 32.6 Å². The minimum absolute atomic E-state index is 0.576. The number of rotatable bonds is 3. The summed E-state index contributed by atoms with van der Waals surface area (Å²) in [7, 11) is 0. The second-order valence-corrected chi connectivity index (χ2v) is 5.00. The fourth-order valence-electron chi connectivity index (χ4n) is 2.33. The first-order valence-electron chi connectivity index (χ1n) is 4.94. The number of alkyl halides is 1. The molecule has 2 unspecified atom stereocenters. The lowest BCUT2D eigenvalue weighted by atomic mass is 9.97. The number of hydrogen-bond acceptors (Lipinski definition) is 1. The van der Waals surface area contributed by atoms with Crippen molar-refractivity contribution in [1.29, 1.82) is 0 Å². The Morgan fingerprint density at radius 1 is 1.58 bits per heavy atom. The lowest BCUT2D eigenvalue weighted by Gasteiger charge is -2.17. The molecule has 0 radical (unpaired) electrons. The van der Waals surface area contributed by atoms with Gasteiger partial charge in [-0.1, -0.05) is 22.9 Å². The predicted octanol–water partition coefficient (Wildman–Crippen LogP) is 2.98. The highest BCUT2D eigenvalue weighted by Crippen LogP contribution is 2.57. The van der Waals surface area contributed by atoms with E-state index in [1.807, 2.05) is 0 Å². The first-order chi connectivity index (χ1) is 5.77.